The van der Waals surface area contributed by atoms with Crippen LogP contribution < -0.4 is 25.3 Å². The van der Waals surface area contributed by atoms with Gasteiger partial charge in [0, 0.05) is 18.0 Å². The lowest BCUT2D eigenvalue weighted by atomic mass is 10.1. The van der Waals surface area contributed by atoms with Crippen LogP contribution in [-0.2, 0) is 16.3 Å². The third-order valence-corrected chi connectivity index (χ3v) is 8.92. The number of sulfone groups is 1. The molecule has 1 amide bonds. The van der Waals surface area contributed by atoms with Crippen molar-refractivity contribution in [1.29, 1.82) is 0 Å². The molecule has 1 N–H and O–H groups in total. The molecule has 3 aromatic carbocycles. The van der Waals surface area contributed by atoms with E-state index in [4.69, 9.17) is 13.9 Å². The van der Waals surface area contributed by atoms with E-state index in [9.17, 15) is 27.6 Å². The average molecular weight is 666 g/mol. The van der Waals surface area contributed by atoms with Crippen molar-refractivity contribution >= 4 is 26.7 Å². The van der Waals surface area contributed by atoms with Crippen LogP contribution in [0.4, 0.5) is 4.39 Å². The van der Waals surface area contributed by atoms with Gasteiger partial charge in [-0.1, -0.05) is 30.3 Å². The third kappa shape index (κ3) is 8.52. The number of nitrogens with one attached hydrogen (secondary N) is 1. The molecule has 2 heterocycles. The topological polar surface area (TPSA) is 165 Å². The number of rotatable bonds is 16. The summed E-state index contributed by atoms with van der Waals surface area (Å²) in [6.07, 6.45) is 4.08. The Labute approximate surface area is 269 Å². The second kappa shape index (κ2) is 15.4. The summed E-state index contributed by atoms with van der Waals surface area (Å²) in [6, 6.07) is 20.1. The first-order chi connectivity index (χ1) is 22.7. The van der Waals surface area contributed by atoms with Gasteiger partial charge in [-0.15, -0.1) is 0 Å². The molecule has 0 saturated heterocycles. The largest absolute Gasteiger partial charge is 0.493 e. The summed E-state index contributed by atoms with van der Waals surface area (Å²) in [5, 5.41) is 18.0. The molecule has 0 bridgehead atoms. The average Bonchev–Trinajstić information content (AvgIpc) is 3.45. The number of halogens is 1. The molecule has 246 valence electrons. The standard InChI is InChI=1S/C33H32FN3O9S/c34-25-15-12-23(13-16-25)9-8-18-35-30(38)28-21-24-14-17-26(22-29(24)45-33(28)39)43-19-6-1-2-7-20-44-31-32(37(40)46-36-31)47(41,42)27-10-4-3-5-11-27/h3-5,10-17,21-22H,1-2,6-9,18-20H2,(H,35,38). The molecule has 0 aliphatic rings. The second-order valence-corrected chi connectivity index (χ2v) is 12.5. The SMILES string of the molecule is O=C(NCCCc1ccc(F)cc1)c1cc2ccc(OCCCCCCOc3no[n+]([O-])c3S(=O)(=O)c3ccccc3)cc2oc1=O. The summed E-state index contributed by atoms with van der Waals surface area (Å²) < 4.78 is 59.8. The van der Waals surface area contributed by atoms with Gasteiger partial charge < -0.3 is 24.4 Å². The fourth-order valence-corrected chi connectivity index (χ4v) is 6.03. The van der Waals surface area contributed by atoms with Crippen molar-refractivity contribution in [3.05, 3.63) is 111 Å². The highest BCUT2D eigenvalue weighted by molar-refractivity contribution is 7.91. The maximum Gasteiger partial charge on any atom is 0.414 e. The molecule has 0 aliphatic carbocycles. The quantitative estimate of drug-likeness (QED) is 0.0882. The minimum atomic E-state index is -4.17. The van der Waals surface area contributed by atoms with Crippen molar-refractivity contribution in [2.24, 2.45) is 0 Å². The summed E-state index contributed by atoms with van der Waals surface area (Å²) in [5.41, 5.74) is 0.390. The van der Waals surface area contributed by atoms with Crippen molar-refractivity contribution in [2.75, 3.05) is 19.8 Å². The number of benzene rings is 3. The van der Waals surface area contributed by atoms with Gasteiger partial charge in [0.1, 0.15) is 22.7 Å². The monoisotopic (exact) mass is 665 g/mol. The Hall–Kier alpha value is -5.24. The van der Waals surface area contributed by atoms with Crippen LogP contribution >= 0.6 is 0 Å². The van der Waals surface area contributed by atoms with E-state index in [2.05, 4.69) is 15.1 Å². The fourth-order valence-electron chi connectivity index (χ4n) is 4.74. The zero-order chi connectivity index (χ0) is 33.2. The van der Waals surface area contributed by atoms with Crippen molar-refractivity contribution < 1.29 is 41.0 Å². The third-order valence-electron chi connectivity index (χ3n) is 7.19. The molecule has 0 unspecified atom stereocenters. The van der Waals surface area contributed by atoms with Gasteiger partial charge in [-0.25, -0.2) is 17.6 Å². The number of ether oxygens (including phenoxy) is 2. The minimum Gasteiger partial charge on any atom is -0.493 e. The number of nitrogens with zero attached hydrogens (tertiary/aromatic N) is 2. The Bertz CT molecular complexity index is 1980. The van der Waals surface area contributed by atoms with E-state index in [1.54, 1.807) is 48.5 Å². The van der Waals surface area contributed by atoms with Crippen molar-refractivity contribution in [1.82, 2.24) is 10.5 Å². The highest BCUT2D eigenvalue weighted by Gasteiger charge is 2.35. The Balaban J connectivity index is 1.02. The van der Waals surface area contributed by atoms with Gasteiger partial charge in [0.25, 0.3) is 15.7 Å². The molecule has 12 nitrogen and oxygen atoms in total. The van der Waals surface area contributed by atoms with Crippen LogP contribution in [0.3, 0.4) is 0 Å². The first-order valence-corrected chi connectivity index (χ1v) is 16.5. The van der Waals surface area contributed by atoms with Crippen molar-refractivity contribution in [3.63, 3.8) is 0 Å². The lowest BCUT2D eigenvalue weighted by Crippen LogP contribution is -2.30. The molecular weight excluding hydrogens is 633 g/mol. The zero-order valence-electron chi connectivity index (χ0n) is 25.2. The summed E-state index contributed by atoms with van der Waals surface area (Å²) >= 11 is 0. The van der Waals surface area contributed by atoms with E-state index in [0.29, 0.717) is 55.6 Å². The fraction of sp³-hybridized carbons (Fsp3) is 0.273. The number of amides is 1. The number of carbonyl (C=O) groups excluding carboxylic acids is 1. The van der Waals surface area contributed by atoms with E-state index in [0.717, 1.165) is 18.4 Å². The molecule has 0 aliphatic heterocycles. The first kappa shape index (κ1) is 33.1. The maximum atomic E-state index is 13.0. The lowest BCUT2D eigenvalue weighted by Gasteiger charge is -2.08. The molecule has 0 fully saturated rings. The molecule has 5 aromatic rings. The van der Waals surface area contributed by atoms with E-state index >= 15 is 0 Å². The summed E-state index contributed by atoms with van der Waals surface area (Å²) in [7, 11) is -4.17. The predicted molar refractivity (Wildman–Crippen MR) is 166 cm³/mol. The molecule has 0 radical (unpaired) electrons. The Morgan fingerprint density at radius 1 is 0.915 bits per heavy atom. The van der Waals surface area contributed by atoms with Crippen molar-refractivity contribution in [2.45, 2.75) is 48.4 Å². The molecule has 0 saturated carbocycles. The minimum absolute atomic E-state index is 0.0779. The van der Waals surface area contributed by atoms with Crippen molar-refractivity contribution in [3.8, 4) is 11.6 Å². The van der Waals surface area contributed by atoms with Gasteiger partial charge in [0.05, 0.1) is 23.3 Å². The normalized spacial score (nSPS) is 11.4. The van der Waals surface area contributed by atoms with Crippen LogP contribution in [0.1, 0.15) is 48.0 Å². The summed E-state index contributed by atoms with van der Waals surface area (Å²) in [6.45, 7) is 0.870. The maximum absolute atomic E-state index is 13.0. The van der Waals surface area contributed by atoms with Crippen LogP contribution in [0.5, 0.6) is 11.6 Å². The zero-order valence-corrected chi connectivity index (χ0v) is 26.0. The van der Waals surface area contributed by atoms with Gasteiger partial charge >= 0.3 is 16.5 Å². The Morgan fingerprint density at radius 2 is 1.64 bits per heavy atom. The van der Waals surface area contributed by atoms with E-state index in [1.165, 1.54) is 30.3 Å². The molecule has 0 spiro atoms. The molecular formula is C33H32FN3O9S. The number of aromatic nitrogens is 2. The Morgan fingerprint density at radius 3 is 2.38 bits per heavy atom. The first-order valence-electron chi connectivity index (χ1n) is 15.0. The Kier molecular flexibility index (Phi) is 10.8. The number of fused-ring (bicyclic) bond motifs is 1. The number of unbranched alkanes of at least 4 members (excludes halogenated alkanes) is 3. The summed E-state index contributed by atoms with van der Waals surface area (Å²) in [5.74, 6) is -0.714. The van der Waals surface area contributed by atoms with Gasteiger partial charge in [-0.05, 0) is 91.5 Å². The highest BCUT2D eigenvalue weighted by atomic mass is 32.2. The number of aryl methyl sites for hydroxylation is 1. The van der Waals surface area contributed by atoms with Gasteiger partial charge in [-0.3, -0.25) is 9.42 Å². The van der Waals surface area contributed by atoms with E-state index < -0.39 is 26.4 Å². The van der Waals surface area contributed by atoms with Gasteiger partial charge in [-0.2, -0.15) is 0 Å². The summed E-state index contributed by atoms with van der Waals surface area (Å²) in [4.78, 5) is 24.8. The number of carbonyl (C=O) groups is 1. The van der Waals surface area contributed by atoms with Gasteiger partial charge in [0.15, 0.2) is 0 Å². The highest BCUT2D eigenvalue weighted by Crippen LogP contribution is 2.25. The molecule has 5 rings (SSSR count). The molecule has 0 atom stereocenters. The molecule has 14 heteroatoms. The van der Waals surface area contributed by atoms with Crippen LogP contribution in [0.15, 0.2) is 103 Å². The predicted octanol–water partition coefficient (Wildman–Crippen LogP) is 4.77. The molecule has 47 heavy (non-hydrogen) atoms. The van der Waals surface area contributed by atoms with Crippen LogP contribution in [0, 0.1) is 11.0 Å². The van der Waals surface area contributed by atoms with Crippen LogP contribution in [-0.4, -0.2) is 39.2 Å². The smallest absolute Gasteiger partial charge is 0.414 e. The van der Waals surface area contributed by atoms with Gasteiger partial charge in [0.2, 0.25) is 0 Å². The lowest BCUT2D eigenvalue weighted by molar-refractivity contribution is -0.832. The van der Waals surface area contributed by atoms with E-state index in [1.807, 2.05) is 0 Å². The number of hydrogen-bond acceptors (Lipinski definition) is 10. The van der Waals surface area contributed by atoms with Crippen LogP contribution in [0.25, 0.3) is 11.0 Å². The second-order valence-electron chi connectivity index (χ2n) is 10.6. The van der Waals surface area contributed by atoms with E-state index in [-0.39, 0.29) is 33.7 Å². The number of hydrogen-bond donors (Lipinski definition) is 1. The molecule has 2 aromatic heterocycles. The van der Waals surface area contributed by atoms with Crippen LogP contribution in [0.2, 0.25) is 0 Å².